The molecule has 0 spiro atoms. The standard InChI is InChI=1S/C13H15Cl2F3N2/c14-10-4-8(5-11(15)12(10)19)6-20-3-1-2-9(7-20)13(16,17)18/h4-5,9H,1-3,6-7,19H2. The van der Waals surface area contributed by atoms with Crippen molar-refractivity contribution in [2.75, 3.05) is 18.8 Å². The quantitative estimate of drug-likeness (QED) is 0.818. The first-order chi connectivity index (χ1) is 9.27. The first-order valence-corrected chi connectivity index (χ1v) is 7.05. The number of hydrogen-bond acceptors (Lipinski definition) is 2. The fourth-order valence-electron chi connectivity index (χ4n) is 2.45. The monoisotopic (exact) mass is 326 g/mol. The molecule has 112 valence electrons. The van der Waals surface area contributed by atoms with E-state index in [4.69, 9.17) is 28.9 Å². The molecule has 1 aliphatic rings. The summed E-state index contributed by atoms with van der Waals surface area (Å²) in [5, 5.41) is 0.661. The fraction of sp³-hybridized carbons (Fsp3) is 0.538. The number of likely N-dealkylation sites (tertiary alicyclic amines) is 1. The molecule has 1 saturated heterocycles. The van der Waals surface area contributed by atoms with E-state index in [1.165, 1.54) is 0 Å². The van der Waals surface area contributed by atoms with Gasteiger partial charge in [0.2, 0.25) is 0 Å². The number of anilines is 1. The number of piperidine rings is 1. The Bertz CT molecular complexity index is 468. The second kappa shape index (κ2) is 6.00. The minimum Gasteiger partial charge on any atom is -0.396 e. The highest BCUT2D eigenvalue weighted by Gasteiger charge is 2.41. The van der Waals surface area contributed by atoms with E-state index in [0.29, 0.717) is 35.2 Å². The van der Waals surface area contributed by atoms with Gasteiger partial charge in [-0.15, -0.1) is 0 Å². The van der Waals surface area contributed by atoms with Gasteiger partial charge in [0.25, 0.3) is 0 Å². The summed E-state index contributed by atoms with van der Waals surface area (Å²) < 4.78 is 38.2. The third-order valence-corrected chi connectivity index (χ3v) is 4.14. The first-order valence-electron chi connectivity index (χ1n) is 6.30. The number of nitrogen functional groups attached to an aromatic ring is 1. The highest BCUT2D eigenvalue weighted by Crippen LogP contribution is 2.34. The van der Waals surface area contributed by atoms with E-state index in [1.54, 1.807) is 17.0 Å². The highest BCUT2D eigenvalue weighted by atomic mass is 35.5. The van der Waals surface area contributed by atoms with Gasteiger partial charge in [0.05, 0.1) is 21.7 Å². The molecule has 1 aromatic rings. The fourth-order valence-corrected chi connectivity index (χ4v) is 2.98. The second-order valence-corrected chi connectivity index (χ2v) is 5.90. The lowest BCUT2D eigenvalue weighted by atomic mass is 9.97. The van der Waals surface area contributed by atoms with Crippen LogP contribution in [0.2, 0.25) is 10.0 Å². The van der Waals surface area contributed by atoms with Crippen molar-refractivity contribution in [2.45, 2.75) is 25.6 Å². The van der Waals surface area contributed by atoms with Crippen molar-refractivity contribution in [3.8, 4) is 0 Å². The van der Waals surface area contributed by atoms with Crippen molar-refractivity contribution >= 4 is 28.9 Å². The van der Waals surface area contributed by atoms with E-state index in [2.05, 4.69) is 0 Å². The van der Waals surface area contributed by atoms with Gasteiger partial charge in [-0.1, -0.05) is 23.2 Å². The third-order valence-electron chi connectivity index (χ3n) is 3.51. The summed E-state index contributed by atoms with van der Waals surface area (Å²) in [6.07, 6.45) is -3.39. The number of alkyl halides is 3. The topological polar surface area (TPSA) is 29.3 Å². The van der Waals surface area contributed by atoms with Crippen molar-refractivity contribution in [3.63, 3.8) is 0 Å². The average Bonchev–Trinajstić information content (AvgIpc) is 2.35. The molecule has 0 amide bonds. The molecular formula is C13H15Cl2F3N2. The summed E-state index contributed by atoms with van der Waals surface area (Å²) in [7, 11) is 0. The molecule has 1 aliphatic heterocycles. The van der Waals surface area contributed by atoms with E-state index < -0.39 is 12.1 Å². The second-order valence-electron chi connectivity index (χ2n) is 5.09. The van der Waals surface area contributed by atoms with Gasteiger partial charge in [-0.25, -0.2) is 0 Å². The van der Waals surface area contributed by atoms with Crippen LogP contribution >= 0.6 is 23.2 Å². The molecule has 2 nitrogen and oxygen atoms in total. The van der Waals surface area contributed by atoms with Crippen molar-refractivity contribution in [1.29, 1.82) is 0 Å². The SMILES string of the molecule is Nc1c(Cl)cc(CN2CCCC(C(F)(F)F)C2)cc1Cl. The lowest BCUT2D eigenvalue weighted by molar-refractivity contribution is -0.187. The summed E-state index contributed by atoms with van der Waals surface area (Å²) in [5.41, 5.74) is 6.71. The van der Waals surface area contributed by atoms with Crippen LogP contribution < -0.4 is 5.73 Å². The summed E-state index contributed by atoms with van der Waals surface area (Å²) in [6, 6.07) is 3.31. The number of halogens is 5. The molecule has 1 fully saturated rings. The lowest BCUT2D eigenvalue weighted by Crippen LogP contribution is -2.41. The van der Waals surface area contributed by atoms with Crippen molar-refractivity contribution < 1.29 is 13.2 Å². The maximum Gasteiger partial charge on any atom is 0.393 e. The van der Waals surface area contributed by atoms with Gasteiger partial charge < -0.3 is 5.73 Å². The summed E-state index contributed by atoms with van der Waals surface area (Å²) in [6.45, 7) is 1.06. The number of nitrogens with two attached hydrogens (primary N) is 1. The van der Waals surface area contributed by atoms with E-state index >= 15 is 0 Å². The molecule has 0 aromatic heterocycles. The van der Waals surface area contributed by atoms with Gasteiger partial charge >= 0.3 is 6.18 Å². The van der Waals surface area contributed by atoms with Crippen LogP contribution in [0.5, 0.6) is 0 Å². The van der Waals surface area contributed by atoms with Crippen LogP contribution in [0.4, 0.5) is 18.9 Å². The molecule has 0 saturated carbocycles. The predicted molar refractivity (Wildman–Crippen MR) is 74.9 cm³/mol. The van der Waals surface area contributed by atoms with E-state index in [0.717, 1.165) is 5.56 Å². The van der Waals surface area contributed by atoms with Crippen molar-refractivity contribution in [1.82, 2.24) is 4.90 Å². The molecule has 2 rings (SSSR count). The summed E-state index contributed by atoms with van der Waals surface area (Å²) in [5.74, 6) is -1.25. The van der Waals surface area contributed by atoms with Crippen molar-refractivity contribution in [2.24, 2.45) is 5.92 Å². The zero-order chi connectivity index (χ0) is 14.9. The van der Waals surface area contributed by atoms with E-state index in [1.807, 2.05) is 0 Å². The molecule has 7 heteroatoms. The van der Waals surface area contributed by atoms with Crippen LogP contribution in [0.1, 0.15) is 18.4 Å². The van der Waals surface area contributed by atoms with Crippen LogP contribution in [0.25, 0.3) is 0 Å². The molecular weight excluding hydrogens is 312 g/mol. The van der Waals surface area contributed by atoms with Crippen LogP contribution in [0.3, 0.4) is 0 Å². The van der Waals surface area contributed by atoms with Gasteiger partial charge in [0.15, 0.2) is 0 Å². The number of hydrogen-bond donors (Lipinski definition) is 1. The zero-order valence-corrected chi connectivity index (χ0v) is 12.2. The Hall–Kier alpha value is -0.650. The molecule has 20 heavy (non-hydrogen) atoms. The Morgan fingerprint density at radius 2 is 1.85 bits per heavy atom. The van der Waals surface area contributed by atoms with Gasteiger partial charge in [0.1, 0.15) is 0 Å². The number of rotatable bonds is 2. The molecule has 0 bridgehead atoms. The molecule has 1 unspecified atom stereocenters. The normalized spacial score (nSPS) is 21.1. The third kappa shape index (κ3) is 3.71. The molecule has 1 heterocycles. The maximum absolute atomic E-state index is 12.7. The Morgan fingerprint density at radius 1 is 1.25 bits per heavy atom. The van der Waals surface area contributed by atoms with Crippen LogP contribution in [0, 0.1) is 5.92 Å². The van der Waals surface area contributed by atoms with Gasteiger partial charge in [0, 0.05) is 13.1 Å². The zero-order valence-electron chi connectivity index (χ0n) is 10.7. The summed E-state index contributed by atoms with van der Waals surface area (Å²) in [4.78, 5) is 1.78. The predicted octanol–water partition coefficient (Wildman–Crippen LogP) is 4.35. The molecule has 2 N–H and O–H groups in total. The van der Waals surface area contributed by atoms with E-state index in [9.17, 15) is 13.2 Å². The number of benzene rings is 1. The number of nitrogens with zero attached hydrogens (tertiary/aromatic N) is 1. The van der Waals surface area contributed by atoms with Gasteiger partial charge in [-0.2, -0.15) is 13.2 Å². The smallest absolute Gasteiger partial charge is 0.393 e. The minimum absolute atomic E-state index is 0.0170. The van der Waals surface area contributed by atoms with Crippen LogP contribution in [-0.2, 0) is 6.54 Å². The largest absolute Gasteiger partial charge is 0.396 e. The lowest BCUT2D eigenvalue weighted by Gasteiger charge is -2.33. The average molecular weight is 327 g/mol. The molecule has 0 radical (unpaired) electrons. The highest BCUT2D eigenvalue weighted by molar-refractivity contribution is 6.38. The van der Waals surface area contributed by atoms with Crippen LogP contribution in [0.15, 0.2) is 12.1 Å². The Labute approximate surface area is 125 Å². The van der Waals surface area contributed by atoms with Crippen molar-refractivity contribution in [3.05, 3.63) is 27.7 Å². The maximum atomic E-state index is 12.7. The molecule has 1 atom stereocenters. The molecule has 1 aromatic carbocycles. The Balaban J connectivity index is 2.07. The van der Waals surface area contributed by atoms with E-state index in [-0.39, 0.29) is 13.0 Å². The Morgan fingerprint density at radius 3 is 2.40 bits per heavy atom. The minimum atomic E-state index is -4.13. The van der Waals surface area contributed by atoms with Gasteiger partial charge in [-0.05, 0) is 37.1 Å². The van der Waals surface area contributed by atoms with Crippen LogP contribution in [-0.4, -0.2) is 24.2 Å². The molecule has 0 aliphatic carbocycles. The van der Waals surface area contributed by atoms with Gasteiger partial charge in [-0.3, -0.25) is 4.90 Å². The Kier molecular flexibility index (Phi) is 4.72. The summed E-state index contributed by atoms with van der Waals surface area (Å²) >= 11 is 11.9. The first kappa shape index (κ1) is 15.7.